The fourth-order valence-electron chi connectivity index (χ4n) is 2.88. The molecule has 0 aromatic carbocycles. The molecular formula is C18H39BrN2O. The van der Waals surface area contributed by atoms with E-state index in [9.17, 15) is 4.79 Å². The van der Waals surface area contributed by atoms with Gasteiger partial charge in [0.15, 0.2) is 0 Å². The van der Waals surface area contributed by atoms with Crippen LogP contribution in [0.15, 0.2) is 0 Å². The molecule has 0 saturated carbocycles. The van der Waals surface area contributed by atoms with Crippen molar-refractivity contribution in [3.63, 3.8) is 0 Å². The zero-order valence-corrected chi connectivity index (χ0v) is 17.0. The van der Waals surface area contributed by atoms with E-state index in [1.807, 2.05) is 0 Å². The Balaban J connectivity index is 0. The first-order valence-electron chi connectivity index (χ1n) is 8.94. The number of nitrogens with zero attached hydrogens (tertiary/aromatic N) is 1. The van der Waals surface area contributed by atoms with Gasteiger partial charge in [0.1, 0.15) is 0 Å². The van der Waals surface area contributed by atoms with Gasteiger partial charge in [0, 0.05) is 6.42 Å². The van der Waals surface area contributed by atoms with Crippen LogP contribution in [0.1, 0.15) is 77.6 Å². The Kier molecular flexibility index (Phi) is 15.9. The summed E-state index contributed by atoms with van der Waals surface area (Å²) in [6.07, 6.45) is 13.4. The Hall–Kier alpha value is -0.0900. The number of halogens is 1. The number of hydrogen-bond acceptors (Lipinski definition) is 1. The zero-order valence-electron chi connectivity index (χ0n) is 15.4. The van der Waals surface area contributed by atoms with Crippen molar-refractivity contribution in [3.8, 4) is 0 Å². The molecule has 0 spiro atoms. The van der Waals surface area contributed by atoms with Gasteiger partial charge in [-0.05, 0) is 25.2 Å². The van der Waals surface area contributed by atoms with Crippen LogP contribution in [0.5, 0.6) is 0 Å². The molecule has 0 bridgehead atoms. The van der Waals surface area contributed by atoms with Crippen LogP contribution in [0, 0.1) is 5.92 Å². The van der Waals surface area contributed by atoms with E-state index < -0.39 is 0 Å². The van der Waals surface area contributed by atoms with E-state index in [4.69, 9.17) is 5.73 Å². The Bertz CT molecular complexity index is 264. The van der Waals surface area contributed by atoms with Crippen LogP contribution in [-0.4, -0.2) is 38.1 Å². The van der Waals surface area contributed by atoms with E-state index in [1.165, 1.54) is 64.3 Å². The standard InChI is InChI=1S/C18H38N2O.BrH/c1-5-6-7-8-9-10-11-13-17(16-18(19)21)14-12-15-20(2,3)4;/h17H,5-16H2,1-4H3,(H-,19,21);1H. The van der Waals surface area contributed by atoms with Crippen molar-refractivity contribution in [2.24, 2.45) is 11.7 Å². The number of hydrogen-bond donors (Lipinski definition) is 1. The van der Waals surface area contributed by atoms with E-state index >= 15 is 0 Å². The van der Waals surface area contributed by atoms with Gasteiger partial charge in [-0.2, -0.15) is 0 Å². The summed E-state index contributed by atoms with van der Waals surface area (Å²) >= 11 is 0. The summed E-state index contributed by atoms with van der Waals surface area (Å²) in [5, 5.41) is 0. The number of carbonyl (C=O) groups excluding carboxylic acids is 1. The van der Waals surface area contributed by atoms with Gasteiger partial charge in [-0.3, -0.25) is 4.79 Å². The first-order chi connectivity index (χ1) is 9.85. The maximum atomic E-state index is 11.2. The highest BCUT2D eigenvalue weighted by Crippen LogP contribution is 2.20. The van der Waals surface area contributed by atoms with Crippen molar-refractivity contribution in [2.75, 3.05) is 27.7 Å². The molecule has 0 aromatic rings. The van der Waals surface area contributed by atoms with Gasteiger partial charge >= 0.3 is 0 Å². The van der Waals surface area contributed by atoms with E-state index in [2.05, 4.69) is 28.1 Å². The molecule has 0 aliphatic heterocycles. The summed E-state index contributed by atoms with van der Waals surface area (Å²) in [5.74, 6) is 0.373. The number of carbonyl (C=O) groups is 1. The maximum Gasteiger partial charge on any atom is 0.217 e. The summed E-state index contributed by atoms with van der Waals surface area (Å²) in [6, 6.07) is 0. The number of nitrogens with two attached hydrogens (primary N) is 1. The van der Waals surface area contributed by atoms with Crippen molar-refractivity contribution in [1.82, 2.24) is 0 Å². The molecule has 0 rings (SSSR count). The molecule has 0 radical (unpaired) electrons. The Morgan fingerprint density at radius 3 is 1.91 bits per heavy atom. The lowest BCUT2D eigenvalue weighted by Crippen LogP contribution is -3.00. The Labute approximate surface area is 149 Å². The van der Waals surface area contributed by atoms with Crippen molar-refractivity contribution in [2.45, 2.75) is 77.6 Å². The average Bonchev–Trinajstić information content (AvgIpc) is 2.35. The fraction of sp³-hybridized carbons (Fsp3) is 0.944. The Morgan fingerprint density at radius 2 is 1.41 bits per heavy atom. The SMILES string of the molecule is CCCCCCCCCC(CCC[N+](C)(C)C)CC(N)=O.[Br-]. The normalized spacial score (nSPS) is 12.7. The first kappa shape index (κ1) is 24.2. The monoisotopic (exact) mass is 378 g/mol. The highest BCUT2D eigenvalue weighted by Gasteiger charge is 2.14. The minimum absolute atomic E-state index is 0. The first-order valence-corrected chi connectivity index (χ1v) is 8.94. The van der Waals surface area contributed by atoms with Gasteiger partial charge in [-0.25, -0.2) is 0 Å². The zero-order chi connectivity index (χ0) is 16.1. The lowest BCUT2D eigenvalue weighted by atomic mass is 9.92. The highest BCUT2D eigenvalue weighted by molar-refractivity contribution is 5.73. The third-order valence-electron chi connectivity index (χ3n) is 4.15. The van der Waals surface area contributed by atoms with E-state index in [-0.39, 0.29) is 22.9 Å². The van der Waals surface area contributed by atoms with Crippen LogP contribution in [0.2, 0.25) is 0 Å². The summed E-state index contributed by atoms with van der Waals surface area (Å²) < 4.78 is 1.00. The van der Waals surface area contributed by atoms with Crippen LogP contribution in [0.4, 0.5) is 0 Å². The molecule has 3 nitrogen and oxygen atoms in total. The van der Waals surface area contributed by atoms with Gasteiger partial charge in [0.25, 0.3) is 0 Å². The molecular weight excluding hydrogens is 340 g/mol. The van der Waals surface area contributed by atoms with Gasteiger partial charge in [0.05, 0.1) is 27.7 Å². The number of unbranched alkanes of at least 4 members (excludes halogenated alkanes) is 6. The van der Waals surface area contributed by atoms with Crippen molar-refractivity contribution >= 4 is 5.91 Å². The summed E-state index contributed by atoms with van der Waals surface area (Å²) in [7, 11) is 6.66. The number of quaternary nitrogens is 1. The van der Waals surface area contributed by atoms with E-state index in [0.29, 0.717) is 12.3 Å². The van der Waals surface area contributed by atoms with Crippen LogP contribution >= 0.6 is 0 Å². The number of rotatable bonds is 14. The predicted octanol–water partition coefficient (Wildman–Crippen LogP) is 1.11. The van der Waals surface area contributed by atoms with Gasteiger partial charge < -0.3 is 27.2 Å². The molecule has 0 aromatic heterocycles. The van der Waals surface area contributed by atoms with Crippen LogP contribution in [0.3, 0.4) is 0 Å². The summed E-state index contributed by atoms with van der Waals surface area (Å²) in [5.41, 5.74) is 5.39. The molecule has 0 fully saturated rings. The fourth-order valence-corrected chi connectivity index (χ4v) is 2.88. The summed E-state index contributed by atoms with van der Waals surface area (Å²) in [4.78, 5) is 11.2. The lowest BCUT2D eigenvalue weighted by molar-refractivity contribution is -0.870. The topological polar surface area (TPSA) is 43.1 Å². The molecule has 0 aliphatic rings. The van der Waals surface area contributed by atoms with Crippen molar-refractivity contribution in [3.05, 3.63) is 0 Å². The number of amides is 1. The maximum absolute atomic E-state index is 11.2. The highest BCUT2D eigenvalue weighted by atomic mass is 79.9. The quantitative estimate of drug-likeness (QED) is 0.357. The van der Waals surface area contributed by atoms with Crippen LogP contribution in [0.25, 0.3) is 0 Å². The molecule has 0 heterocycles. The average molecular weight is 379 g/mol. The second kappa shape index (κ2) is 14.5. The third kappa shape index (κ3) is 18.0. The molecule has 22 heavy (non-hydrogen) atoms. The molecule has 4 heteroatoms. The van der Waals surface area contributed by atoms with Crippen molar-refractivity contribution in [1.29, 1.82) is 0 Å². The van der Waals surface area contributed by atoms with Crippen LogP contribution in [-0.2, 0) is 4.79 Å². The second-order valence-electron chi connectivity index (χ2n) is 7.60. The number of primary amides is 1. The second-order valence-corrected chi connectivity index (χ2v) is 7.60. The predicted molar refractivity (Wildman–Crippen MR) is 92.0 cm³/mol. The lowest BCUT2D eigenvalue weighted by Gasteiger charge is -2.25. The Morgan fingerprint density at radius 1 is 0.909 bits per heavy atom. The summed E-state index contributed by atoms with van der Waals surface area (Å²) in [6.45, 7) is 3.43. The molecule has 1 atom stereocenters. The molecule has 134 valence electrons. The van der Waals surface area contributed by atoms with Gasteiger partial charge in [-0.15, -0.1) is 0 Å². The molecule has 0 saturated heterocycles. The smallest absolute Gasteiger partial charge is 0.217 e. The molecule has 1 unspecified atom stereocenters. The molecule has 2 N–H and O–H groups in total. The molecule has 1 amide bonds. The minimum Gasteiger partial charge on any atom is -1.00 e. The third-order valence-corrected chi connectivity index (χ3v) is 4.15. The largest absolute Gasteiger partial charge is 1.00 e. The minimum atomic E-state index is -0.131. The van der Waals surface area contributed by atoms with Crippen LogP contribution < -0.4 is 22.7 Å². The van der Waals surface area contributed by atoms with Gasteiger partial charge in [0.2, 0.25) is 5.91 Å². The van der Waals surface area contributed by atoms with E-state index in [0.717, 1.165) is 10.9 Å². The van der Waals surface area contributed by atoms with Crippen molar-refractivity contribution < 1.29 is 26.3 Å². The molecule has 0 aliphatic carbocycles. The van der Waals surface area contributed by atoms with Gasteiger partial charge in [-0.1, -0.05) is 51.9 Å². The van der Waals surface area contributed by atoms with E-state index in [1.54, 1.807) is 0 Å².